The first-order valence-electron chi connectivity index (χ1n) is 11.2. The van der Waals surface area contributed by atoms with E-state index in [1.165, 1.54) is 0 Å². The summed E-state index contributed by atoms with van der Waals surface area (Å²) in [7, 11) is 0. The summed E-state index contributed by atoms with van der Waals surface area (Å²) in [5, 5.41) is 14.3. The van der Waals surface area contributed by atoms with Crippen molar-refractivity contribution < 1.29 is 24.2 Å². The van der Waals surface area contributed by atoms with Crippen molar-refractivity contribution >= 4 is 23.7 Å². The van der Waals surface area contributed by atoms with Gasteiger partial charge in [-0.2, -0.15) is 0 Å². The van der Waals surface area contributed by atoms with E-state index in [1.807, 2.05) is 36.4 Å². The normalized spacial score (nSPS) is 12.9. The Balaban J connectivity index is 1.39. The molecule has 0 heterocycles. The second kappa shape index (κ2) is 10.2. The fourth-order valence-corrected chi connectivity index (χ4v) is 4.16. The minimum Gasteiger partial charge on any atom is -0.481 e. The molecule has 0 aliphatic heterocycles. The van der Waals surface area contributed by atoms with Crippen LogP contribution in [0.1, 0.15) is 40.7 Å². The molecular weight excluding hydrogens is 432 g/mol. The highest BCUT2D eigenvalue weighted by Crippen LogP contribution is 2.44. The molecule has 0 fully saturated rings. The Morgan fingerprint density at radius 1 is 0.912 bits per heavy atom. The van der Waals surface area contributed by atoms with Crippen molar-refractivity contribution in [3.63, 3.8) is 0 Å². The topological polar surface area (TPSA) is 105 Å². The second-order valence-corrected chi connectivity index (χ2v) is 8.28. The van der Waals surface area contributed by atoms with Crippen molar-refractivity contribution in [3.05, 3.63) is 89.5 Å². The van der Waals surface area contributed by atoms with Gasteiger partial charge in [0.1, 0.15) is 6.61 Å². The Kier molecular flexibility index (Phi) is 6.92. The summed E-state index contributed by atoms with van der Waals surface area (Å²) >= 11 is 0. The first-order valence-corrected chi connectivity index (χ1v) is 11.2. The molecule has 34 heavy (non-hydrogen) atoms. The molecule has 1 atom stereocenters. The van der Waals surface area contributed by atoms with Gasteiger partial charge in [-0.15, -0.1) is 0 Å². The van der Waals surface area contributed by atoms with E-state index in [9.17, 15) is 14.4 Å². The minimum absolute atomic E-state index is 0.0621. The summed E-state index contributed by atoms with van der Waals surface area (Å²) in [6.45, 7) is 1.97. The number of nitrogens with one attached hydrogen (secondary N) is 2. The number of anilines is 1. The van der Waals surface area contributed by atoms with Crippen molar-refractivity contribution in [2.24, 2.45) is 5.92 Å². The molecule has 1 aliphatic rings. The van der Waals surface area contributed by atoms with Crippen LogP contribution in [-0.2, 0) is 9.53 Å². The highest BCUT2D eigenvalue weighted by atomic mass is 16.5. The Bertz CT molecular complexity index is 1180. The van der Waals surface area contributed by atoms with Gasteiger partial charge in [0.25, 0.3) is 5.91 Å². The summed E-state index contributed by atoms with van der Waals surface area (Å²) in [5.41, 5.74) is 5.12. The summed E-state index contributed by atoms with van der Waals surface area (Å²) in [6.07, 6.45) is -0.343. The largest absolute Gasteiger partial charge is 0.481 e. The fraction of sp³-hybridized carbons (Fsp3) is 0.222. The van der Waals surface area contributed by atoms with Crippen LogP contribution in [0.2, 0.25) is 0 Å². The molecular formula is C27H26N2O5. The van der Waals surface area contributed by atoms with Crippen LogP contribution in [-0.4, -0.2) is 36.2 Å². The molecule has 3 N–H and O–H groups in total. The van der Waals surface area contributed by atoms with Gasteiger partial charge < -0.3 is 15.2 Å². The molecule has 0 spiro atoms. The van der Waals surface area contributed by atoms with E-state index in [0.29, 0.717) is 12.1 Å². The smallest absolute Gasteiger partial charge is 0.411 e. The molecule has 2 amide bonds. The van der Waals surface area contributed by atoms with Gasteiger partial charge in [-0.3, -0.25) is 14.9 Å². The van der Waals surface area contributed by atoms with Gasteiger partial charge in [0.2, 0.25) is 0 Å². The van der Waals surface area contributed by atoms with Gasteiger partial charge in [0.05, 0.1) is 17.2 Å². The van der Waals surface area contributed by atoms with E-state index in [0.717, 1.165) is 22.3 Å². The summed E-state index contributed by atoms with van der Waals surface area (Å²) in [4.78, 5) is 36.1. The number of carbonyl (C=O) groups is 3. The van der Waals surface area contributed by atoms with Crippen molar-refractivity contribution in [1.82, 2.24) is 5.32 Å². The maximum absolute atomic E-state index is 12.6. The first kappa shape index (κ1) is 23.0. The van der Waals surface area contributed by atoms with E-state index in [1.54, 1.807) is 31.2 Å². The Morgan fingerprint density at radius 3 is 2.15 bits per heavy atom. The summed E-state index contributed by atoms with van der Waals surface area (Å²) in [5.74, 6) is -1.93. The molecule has 3 aromatic rings. The zero-order valence-corrected chi connectivity index (χ0v) is 18.8. The number of benzene rings is 3. The zero-order chi connectivity index (χ0) is 24.1. The van der Waals surface area contributed by atoms with Crippen molar-refractivity contribution in [2.75, 3.05) is 18.5 Å². The van der Waals surface area contributed by atoms with E-state index in [2.05, 4.69) is 22.8 Å². The van der Waals surface area contributed by atoms with Crippen LogP contribution in [0.4, 0.5) is 10.5 Å². The molecule has 0 saturated heterocycles. The van der Waals surface area contributed by atoms with E-state index < -0.39 is 23.9 Å². The standard InChI is InChI=1S/C27H26N2O5/c1-17(26(31)32)14-15-28-25(30)22-12-6-7-13-24(22)29-27(33)34-16-23-20-10-4-2-8-18(20)19-9-3-5-11-21(19)23/h2-13,17,23H,14-16H2,1H3,(H,28,30)(H,29,33)(H,31,32). The maximum atomic E-state index is 12.6. The van der Waals surface area contributed by atoms with Crippen LogP contribution in [0.15, 0.2) is 72.8 Å². The predicted octanol–water partition coefficient (Wildman–Crippen LogP) is 4.89. The van der Waals surface area contributed by atoms with Gasteiger partial charge in [-0.1, -0.05) is 67.6 Å². The molecule has 1 aliphatic carbocycles. The molecule has 7 heteroatoms. The highest BCUT2D eigenvalue weighted by molar-refractivity contribution is 6.02. The number of carboxylic acid groups (broad SMARTS) is 1. The monoisotopic (exact) mass is 458 g/mol. The predicted molar refractivity (Wildman–Crippen MR) is 129 cm³/mol. The van der Waals surface area contributed by atoms with Crippen LogP contribution < -0.4 is 10.6 Å². The third kappa shape index (κ3) is 4.93. The number of carbonyl (C=O) groups excluding carboxylic acids is 2. The van der Waals surface area contributed by atoms with Gasteiger partial charge in [0.15, 0.2) is 0 Å². The number of fused-ring (bicyclic) bond motifs is 3. The van der Waals surface area contributed by atoms with Crippen LogP contribution in [0.25, 0.3) is 11.1 Å². The number of hydrogen-bond acceptors (Lipinski definition) is 4. The third-order valence-electron chi connectivity index (χ3n) is 6.04. The van der Waals surface area contributed by atoms with Crippen LogP contribution in [0.3, 0.4) is 0 Å². The number of para-hydroxylation sites is 1. The van der Waals surface area contributed by atoms with Crippen molar-refractivity contribution in [3.8, 4) is 11.1 Å². The summed E-state index contributed by atoms with van der Waals surface area (Å²) < 4.78 is 5.57. The number of hydrogen-bond donors (Lipinski definition) is 3. The molecule has 4 rings (SSSR count). The average Bonchev–Trinajstić information content (AvgIpc) is 3.16. The zero-order valence-electron chi connectivity index (χ0n) is 18.8. The SMILES string of the molecule is CC(CCNC(=O)c1ccccc1NC(=O)OCC1c2ccccc2-c2ccccc21)C(=O)O. The van der Waals surface area contributed by atoms with E-state index >= 15 is 0 Å². The lowest BCUT2D eigenvalue weighted by Crippen LogP contribution is -2.28. The van der Waals surface area contributed by atoms with E-state index in [-0.39, 0.29) is 24.6 Å². The van der Waals surface area contributed by atoms with Gasteiger partial charge >= 0.3 is 12.1 Å². The number of carboxylic acids is 1. The number of aliphatic carboxylic acids is 1. The van der Waals surface area contributed by atoms with Gasteiger partial charge in [-0.05, 0) is 40.8 Å². The molecule has 3 aromatic carbocycles. The summed E-state index contributed by atoms with van der Waals surface area (Å²) in [6, 6.07) is 22.8. The lowest BCUT2D eigenvalue weighted by atomic mass is 9.98. The quantitative estimate of drug-likeness (QED) is 0.446. The van der Waals surface area contributed by atoms with Crippen molar-refractivity contribution in [1.29, 1.82) is 0 Å². The first-order chi connectivity index (χ1) is 16.5. The molecule has 174 valence electrons. The molecule has 1 unspecified atom stereocenters. The van der Waals surface area contributed by atoms with Crippen molar-refractivity contribution in [2.45, 2.75) is 19.3 Å². The molecule has 0 saturated carbocycles. The molecule has 7 nitrogen and oxygen atoms in total. The molecule has 0 radical (unpaired) electrons. The number of rotatable bonds is 8. The fourth-order valence-electron chi connectivity index (χ4n) is 4.16. The Morgan fingerprint density at radius 2 is 1.50 bits per heavy atom. The lowest BCUT2D eigenvalue weighted by molar-refractivity contribution is -0.141. The van der Waals surface area contributed by atoms with Crippen LogP contribution in [0, 0.1) is 5.92 Å². The molecule has 0 aromatic heterocycles. The van der Waals surface area contributed by atoms with Gasteiger partial charge in [-0.25, -0.2) is 4.79 Å². The number of ether oxygens (including phenoxy) is 1. The van der Waals surface area contributed by atoms with E-state index in [4.69, 9.17) is 9.84 Å². The highest BCUT2D eigenvalue weighted by Gasteiger charge is 2.29. The minimum atomic E-state index is -0.911. The average molecular weight is 459 g/mol. The Hall–Kier alpha value is -4.13. The number of amides is 2. The van der Waals surface area contributed by atoms with Gasteiger partial charge in [0, 0.05) is 12.5 Å². The lowest BCUT2D eigenvalue weighted by Gasteiger charge is -2.16. The molecule has 0 bridgehead atoms. The van der Waals surface area contributed by atoms with Crippen LogP contribution in [0.5, 0.6) is 0 Å². The van der Waals surface area contributed by atoms with Crippen LogP contribution >= 0.6 is 0 Å². The Labute approximate surface area is 197 Å². The third-order valence-corrected chi connectivity index (χ3v) is 6.04. The second-order valence-electron chi connectivity index (χ2n) is 8.28. The maximum Gasteiger partial charge on any atom is 0.411 e.